The van der Waals surface area contributed by atoms with Crippen LogP contribution in [0.4, 0.5) is 0 Å². The average Bonchev–Trinajstić information content (AvgIpc) is 3.17. The smallest absolute Gasteiger partial charge is 0.338 e. The molecule has 0 saturated heterocycles. The Balaban J connectivity index is 1.82. The Labute approximate surface area is 217 Å². The van der Waals surface area contributed by atoms with E-state index in [9.17, 15) is 14.4 Å². The van der Waals surface area contributed by atoms with Gasteiger partial charge in [-0.15, -0.1) is 0 Å². The molecule has 0 amide bonds. The van der Waals surface area contributed by atoms with Gasteiger partial charge in [-0.05, 0) is 55.3 Å². The number of nitrogens with zero attached hydrogens (tertiary/aromatic N) is 2. The Hall–Kier alpha value is -4.24. The molecule has 2 heterocycles. The molecule has 37 heavy (non-hydrogen) atoms. The third kappa shape index (κ3) is 5.62. The molecule has 0 saturated carbocycles. The third-order valence-electron chi connectivity index (χ3n) is 5.52. The summed E-state index contributed by atoms with van der Waals surface area (Å²) in [7, 11) is 0. The highest BCUT2D eigenvalue weighted by atomic mass is 32.1. The highest BCUT2D eigenvalue weighted by molar-refractivity contribution is 7.07. The predicted octanol–water partition coefficient (Wildman–Crippen LogP) is 3.29. The van der Waals surface area contributed by atoms with Crippen LogP contribution in [0.3, 0.4) is 0 Å². The minimum atomic E-state index is -0.711. The second-order valence-corrected chi connectivity index (χ2v) is 9.14. The fraction of sp³-hybridized carbons (Fsp3) is 0.214. The second-order valence-electron chi connectivity index (χ2n) is 8.13. The van der Waals surface area contributed by atoms with Crippen LogP contribution in [0, 0.1) is 0 Å². The van der Waals surface area contributed by atoms with Gasteiger partial charge in [0.1, 0.15) is 18.1 Å². The SMILES string of the molecule is C=CCOc1ccc(C2C(C(=O)OCC)=C(C)N=c3sc(=Cc4ccc(OC(C)=O)cc4)c(=O)n32)cc1. The van der Waals surface area contributed by atoms with Crippen LogP contribution in [0.2, 0.25) is 0 Å². The number of allylic oxidation sites excluding steroid dienone is 1. The monoisotopic (exact) mass is 518 g/mol. The summed E-state index contributed by atoms with van der Waals surface area (Å²) in [6.07, 6.45) is 3.40. The average molecular weight is 519 g/mol. The molecule has 2 aromatic carbocycles. The molecule has 0 radical (unpaired) electrons. The Bertz CT molecular complexity index is 1550. The summed E-state index contributed by atoms with van der Waals surface area (Å²) in [5.74, 6) is 0.137. The summed E-state index contributed by atoms with van der Waals surface area (Å²) in [4.78, 5) is 42.9. The first kappa shape index (κ1) is 25.8. The number of fused-ring (bicyclic) bond motifs is 1. The minimum absolute atomic E-state index is 0.199. The van der Waals surface area contributed by atoms with Crippen LogP contribution in [0.5, 0.6) is 11.5 Å². The van der Waals surface area contributed by atoms with E-state index < -0.39 is 18.0 Å². The summed E-state index contributed by atoms with van der Waals surface area (Å²) in [6, 6.07) is 13.3. The normalized spacial score (nSPS) is 15.0. The summed E-state index contributed by atoms with van der Waals surface area (Å²) in [6.45, 7) is 9.02. The molecule has 0 bridgehead atoms. The van der Waals surface area contributed by atoms with Gasteiger partial charge in [0.25, 0.3) is 5.56 Å². The minimum Gasteiger partial charge on any atom is -0.490 e. The number of rotatable bonds is 8. The number of aromatic nitrogens is 1. The van der Waals surface area contributed by atoms with E-state index in [0.717, 1.165) is 11.1 Å². The van der Waals surface area contributed by atoms with E-state index in [0.29, 0.717) is 38.7 Å². The van der Waals surface area contributed by atoms with Crippen LogP contribution in [0.25, 0.3) is 6.08 Å². The van der Waals surface area contributed by atoms with E-state index in [-0.39, 0.29) is 12.2 Å². The van der Waals surface area contributed by atoms with Gasteiger partial charge in [-0.3, -0.25) is 14.2 Å². The molecule has 1 atom stereocenters. The lowest BCUT2D eigenvalue weighted by Crippen LogP contribution is -2.39. The molecule has 190 valence electrons. The zero-order chi connectivity index (χ0) is 26.5. The number of hydrogen-bond acceptors (Lipinski definition) is 8. The molecule has 0 aliphatic carbocycles. The molecule has 3 aromatic rings. The lowest BCUT2D eigenvalue weighted by molar-refractivity contribution is -0.139. The summed E-state index contributed by atoms with van der Waals surface area (Å²) >= 11 is 1.24. The number of hydrogen-bond donors (Lipinski definition) is 0. The van der Waals surface area contributed by atoms with Crippen molar-refractivity contribution in [2.24, 2.45) is 4.99 Å². The molecule has 8 nitrogen and oxygen atoms in total. The van der Waals surface area contributed by atoms with Crippen LogP contribution in [0.1, 0.15) is 37.9 Å². The van der Waals surface area contributed by atoms with Crippen molar-refractivity contribution >= 4 is 29.4 Å². The van der Waals surface area contributed by atoms with Gasteiger partial charge < -0.3 is 14.2 Å². The summed E-state index contributed by atoms with van der Waals surface area (Å²) in [5.41, 5.74) is 2.00. The summed E-state index contributed by atoms with van der Waals surface area (Å²) < 4.78 is 18.0. The van der Waals surface area contributed by atoms with Crippen molar-refractivity contribution in [1.82, 2.24) is 4.57 Å². The van der Waals surface area contributed by atoms with Crippen LogP contribution >= 0.6 is 11.3 Å². The number of thiazole rings is 1. The number of esters is 2. The highest BCUT2D eigenvalue weighted by Crippen LogP contribution is 2.31. The van der Waals surface area contributed by atoms with E-state index in [4.69, 9.17) is 14.2 Å². The van der Waals surface area contributed by atoms with Crippen molar-refractivity contribution in [2.75, 3.05) is 13.2 Å². The maximum Gasteiger partial charge on any atom is 0.338 e. The van der Waals surface area contributed by atoms with Crippen molar-refractivity contribution in [3.8, 4) is 11.5 Å². The van der Waals surface area contributed by atoms with Crippen molar-refractivity contribution in [2.45, 2.75) is 26.8 Å². The standard InChI is InChI=1S/C28H26N2O6S/c1-5-15-35-21-13-9-20(10-14-21)25-24(27(33)34-6-2)17(3)29-28-30(25)26(32)23(37-28)16-19-7-11-22(12-8-19)36-18(4)31/h5,7-14,16,25H,1,6,15H2,2-4H3. The Morgan fingerprint density at radius 1 is 1.11 bits per heavy atom. The van der Waals surface area contributed by atoms with Gasteiger partial charge in [0, 0.05) is 6.92 Å². The van der Waals surface area contributed by atoms with Crippen LogP contribution in [0.15, 0.2) is 82.2 Å². The number of carbonyl (C=O) groups excluding carboxylic acids is 2. The Morgan fingerprint density at radius 2 is 1.78 bits per heavy atom. The molecule has 0 fully saturated rings. The van der Waals surface area contributed by atoms with Gasteiger partial charge in [0.05, 0.1) is 28.5 Å². The number of benzene rings is 2. The Morgan fingerprint density at radius 3 is 2.41 bits per heavy atom. The van der Waals surface area contributed by atoms with Gasteiger partial charge in [-0.25, -0.2) is 9.79 Å². The molecule has 1 unspecified atom stereocenters. The number of ether oxygens (including phenoxy) is 3. The molecule has 1 aliphatic rings. The van der Waals surface area contributed by atoms with E-state index in [1.807, 2.05) is 12.1 Å². The zero-order valence-corrected chi connectivity index (χ0v) is 21.5. The molecule has 1 aliphatic heterocycles. The zero-order valence-electron chi connectivity index (χ0n) is 20.7. The first-order valence-corrected chi connectivity index (χ1v) is 12.5. The first-order chi connectivity index (χ1) is 17.8. The first-order valence-electron chi connectivity index (χ1n) is 11.6. The quantitative estimate of drug-likeness (QED) is 0.258. The fourth-order valence-electron chi connectivity index (χ4n) is 3.96. The second kappa shape index (κ2) is 11.2. The maximum absolute atomic E-state index is 13.7. The van der Waals surface area contributed by atoms with Crippen molar-refractivity contribution in [3.63, 3.8) is 0 Å². The highest BCUT2D eigenvalue weighted by Gasteiger charge is 2.33. The lowest BCUT2D eigenvalue weighted by atomic mass is 9.96. The van der Waals surface area contributed by atoms with E-state index >= 15 is 0 Å². The largest absolute Gasteiger partial charge is 0.490 e. The third-order valence-corrected chi connectivity index (χ3v) is 6.50. The summed E-state index contributed by atoms with van der Waals surface area (Å²) in [5, 5.41) is 0. The molecule has 1 aromatic heterocycles. The topological polar surface area (TPSA) is 96.2 Å². The predicted molar refractivity (Wildman–Crippen MR) is 140 cm³/mol. The van der Waals surface area contributed by atoms with Gasteiger partial charge >= 0.3 is 11.9 Å². The Kier molecular flexibility index (Phi) is 7.83. The van der Waals surface area contributed by atoms with Crippen molar-refractivity contribution in [1.29, 1.82) is 0 Å². The van der Waals surface area contributed by atoms with Gasteiger partial charge in [-0.2, -0.15) is 0 Å². The molecular weight excluding hydrogens is 492 g/mol. The maximum atomic E-state index is 13.7. The lowest BCUT2D eigenvalue weighted by Gasteiger charge is -2.24. The van der Waals surface area contributed by atoms with Crippen molar-refractivity contribution < 1.29 is 23.8 Å². The molecule has 0 spiro atoms. The van der Waals surface area contributed by atoms with Crippen molar-refractivity contribution in [3.05, 3.63) is 103 Å². The van der Waals surface area contributed by atoms with E-state index in [2.05, 4.69) is 11.6 Å². The molecular formula is C28H26N2O6S. The number of carbonyl (C=O) groups is 2. The van der Waals surface area contributed by atoms with Gasteiger partial charge in [-0.1, -0.05) is 48.3 Å². The van der Waals surface area contributed by atoms with Crippen LogP contribution in [-0.4, -0.2) is 29.7 Å². The fourth-order valence-corrected chi connectivity index (χ4v) is 5.00. The van der Waals surface area contributed by atoms with Crippen LogP contribution in [-0.2, 0) is 14.3 Å². The van der Waals surface area contributed by atoms with Gasteiger partial charge in [0.15, 0.2) is 4.80 Å². The van der Waals surface area contributed by atoms with E-state index in [1.54, 1.807) is 62.4 Å². The van der Waals surface area contributed by atoms with E-state index in [1.165, 1.54) is 22.8 Å². The molecule has 9 heteroatoms. The van der Waals surface area contributed by atoms with Gasteiger partial charge in [0.2, 0.25) is 0 Å². The van der Waals surface area contributed by atoms with Crippen LogP contribution < -0.4 is 24.4 Å². The molecule has 4 rings (SSSR count). The molecule has 0 N–H and O–H groups in total.